The van der Waals surface area contributed by atoms with Crippen LogP contribution in [-0.2, 0) is 5.60 Å². The van der Waals surface area contributed by atoms with E-state index in [1.54, 1.807) is 12.2 Å². The molecule has 236 valence electrons. The van der Waals surface area contributed by atoms with E-state index in [0.29, 0.717) is 5.82 Å². The number of rotatable bonds is 6. The zero-order valence-electron chi connectivity index (χ0n) is 27.4. The van der Waals surface area contributed by atoms with Crippen LogP contribution in [-0.4, -0.2) is 9.97 Å². The Bertz CT molecular complexity index is 2460. The van der Waals surface area contributed by atoms with Crippen molar-refractivity contribution in [1.82, 2.24) is 9.97 Å². The quantitative estimate of drug-likeness (QED) is 0.170. The van der Waals surface area contributed by atoms with Crippen LogP contribution in [0.3, 0.4) is 0 Å². The third kappa shape index (κ3) is 4.59. The summed E-state index contributed by atoms with van der Waals surface area (Å²) < 4.78 is 7.23. The second-order valence-corrected chi connectivity index (χ2v) is 12.6. The molecule has 0 N–H and O–H groups in total. The number of aromatic nitrogens is 2. The molecule has 3 nitrogen and oxygen atoms in total. The third-order valence-corrected chi connectivity index (χ3v) is 9.80. The van der Waals surface area contributed by atoms with Crippen LogP contribution in [0.1, 0.15) is 22.4 Å². The zero-order chi connectivity index (χ0) is 33.7. The predicted octanol–water partition coefficient (Wildman–Crippen LogP) is 11.6. The highest BCUT2D eigenvalue weighted by Crippen LogP contribution is 2.58. The molecule has 6 aromatic carbocycles. The zero-order valence-corrected chi connectivity index (χ0v) is 27.4. The Hall–Kier alpha value is -6.58. The normalized spacial score (nSPS) is 13.4. The maximum absolute atomic E-state index is 7.23. The Morgan fingerprint density at radius 1 is 0.520 bits per heavy atom. The molecule has 0 radical (unpaired) electrons. The largest absolute Gasteiger partial charge is 0.472 e. The topological polar surface area (TPSA) is 35.0 Å². The number of benzene rings is 6. The van der Waals surface area contributed by atoms with E-state index >= 15 is 0 Å². The summed E-state index contributed by atoms with van der Waals surface area (Å²) in [6.07, 6.45) is 5.48. The molecule has 1 aromatic heterocycles. The fourth-order valence-electron chi connectivity index (χ4n) is 7.55. The molecule has 9 rings (SSSR count). The lowest BCUT2D eigenvalue weighted by atomic mass is 9.77. The molecule has 3 heteroatoms. The van der Waals surface area contributed by atoms with Gasteiger partial charge in [-0.15, -0.1) is 0 Å². The second-order valence-electron chi connectivity index (χ2n) is 12.6. The van der Waals surface area contributed by atoms with Gasteiger partial charge in [-0.2, -0.15) is 0 Å². The van der Waals surface area contributed by atoms with E-state index in [-0.39, 0.29) is 0 Å². The minimum absolute atomic E-state index is 0.659. The maximum atomic E-state index is 7.23. The highest BCUT2D eigenvalue weighted by molar-refractivity contribution is 5.89. The fourth-order valence-corrected chi connectivity index (χ4v) is 7.55. The van der Waals surface area contributed by atoms with Crippen LogP contribution in [0.2, 0.25) is 0 Å². The first kappa shape index (κ1) is 29.6. The Morgan fingerprint density at radius 2 is 1.10 bits per heavy atom. The van der Waals surface area contributed by atoms with Crippen molar-refractivity contribution < 1.29 is 4.74 Å². The Labute approximate surface area is 292 Å². The van der Waals surface area contributed by atoms with Gasteiger partial charge in [-0.1, -0.05) is 159 Å². The summed E-state index contributed by atoms with van der Waals surface area (Å²) in [4.78, 5) is 9.96. The number of hydrogen-bond acceptors (Lipinski definition) is 3. The molecule has 0 saturated heterocycles. The lowest BCUT2D eigenvalue weighted by Crippen LogP contribution is -2.36. The van der Waals surface area contributed by atoms with E-state index in [1.807, 2.05) is 42.5 Å². The van der Waals surface area contributed by atoms with Gasteiger partial charge in [0.05, 0.1) is 11.4 Å². The first-order chi connectivity index (χ1) is 24.7. The summed E-state index contributed by atoms with van der Waals surface area (Å²) >= 11 is 0. The predicted molar refractivity (Wildman–Crippen MR) is 205 cm³/mol. The Kier molecular flexibility index (Phi) is 6.99. The highest BCUT2D eigenvalue weighted by Gasteiger charge is 2.50. The molecule has 0 fully saturated rings. The van der Waals surface area contributed by atoms with E-state index in [9.17, 15) is 0 Å². The maximum Gasteiger partial charge on any atom is 0.186 e. The van der Waals surface area contributed by atoms with Gasteiger partial charge in [0, 0.05) is 33.4 Å². The van der Waals surface area contributed by atoms with Gasteiger partial charge in [-0.3, -0.25) is 0 Å². The summed E-state index contributed by atoms with van der Waals surface area (Å²) in [6, 6.07) is 53.2. The molecular formula is C47H32N2O. The molecule has 0 amide bonds. The van der Waals surface area contributed by atoms with Gasteiger partial charge in [0.15, 0.2) is 11.4 Å². The van der Waals surface area contributed by atoms with Crippen LogP contribution in [0.15, 0.2) is 183 Å². The molecule has 50 heavy (non-hydrogen) atoms. The number of ether oxygens (including phenoxy) is 1. The van der Waals surface area contributed by atoms with Gasteiger partial charge in [0.2, 0.25) is 0 Å². The van der Waals surface area contributed by atoms with E-state index in [4.69, 9.17) is 14.7 Å². The molecule has 2 heterocycles. The van der Waals surface area contributed by atoms with E-state index in [1.165, 1.54) is 27.8 Å². The Morgan fingerprint density at radius 3 is 1.76 bits per heavy atom. The molecule has 0 saturated carbocycles. The summed E-state index contributed by atoms with van der Waals surface area (Å²) in [5.41, 5.74) is 14.1. The lowest BCUT2D eigenvalue weighted by Gasteiger charge is -2.39. The van der Waals surface area contributed by atoms with Crippen LogP contribution in [0.25, 0.3) is 61.6 Å². The number of fused-ring (bicyclic) bond motifs is 9. The van der Waals surface area contributed by atoms with E-state index in [0.717, 1.165) is 56.1 Å². The molecule has 0 bridgehead atoms. The average Bonchev–Trinajstić information content (AvgIpc) is 3.47. The summed E-state index contributed by atoms with van der Waals surface area (Å²) in [5.74, 6) is 1.53. The SMILES string of the molecule is C=C/C=C(\C=C)c1cc(-c2cccc(-c3ccc4c(c3)-c3ccccc3C3(O4)c4ccccc4-c4ccccc43)c2)nc(-c2ccccc2)n1. The average molecular weight is 641 g/mol. The van der Waals surface area contributed by atoms with Gasteiger partial charge in [0.1, 0.15) is 5.75 Å². The van der Waals surface area contributed by atoms with E-state index < -0.39 is 5.60 Å². The number of nitrogens with zero attached hydrogens (tertiary/aromatic N) is 2. The third-order valence-electron chi connectivity index (χ3n) is 9.80. The van der Waals surface area contributed by atoms with Gasteiger partial charge in [-0.05, 0) is 57.7 Å². The number of allylic oxidation sites excluding steroid dienone is 4. The van der Waals surface area contributed by atoms with Crippen molar-refractivity contribution in [2.45, 2.75) is 5.60 Å². The van der Waals surface area contributed by atoms with Crippen LogP contribution >= 0.6 is 0 Å². The molecule has 1 aliphatic heterocycles. The standard InChI is InChI=1S/C47H32N2O/c1-3-15-31(4-2)43-30-44(49-46(48-43)32-16-6-5-7-17-32)35-19-14-18-33(28-35)34-26-27-45-39(29-34)38-22-10-13-25-42(38)47(50-45)40-23-11-8-20-36(40)37-21-9-12-24-41(37)47/h3-30H,1-2H2/b31-15+. The smallest absolute Gasteiger partial charge is 0.186 e. The van der Waals surface area contributed by atoms with E-state index in [2.05, 4.69) is 128 Å². The van der Waals surface area contributed by atoms with Crippen molar-refractivity contribution in [3.63, 3.8) is 0 Å². The van der Waals surface area contributed by atoms with Crippen molar-refractivity contribution in [3.8, 4) is 61.8 Å². The number of hydrogen-bond donors (Lipinski definition) is 0. The first-order valence-electron chi connectivity index (χ1n) is 16.8. The van der Waals surface area contributed by atoms with Crippen LogP contribution in [0.5, 0.6) is 5.75 Å². The lowest BCUT2D eigenvalue weighted by molar-refractivity contribution is 0.157. The fraction of sp³-hybridized carbons (Fsp3) is 0.0213. The molecule has 2 aliphatic rings. The van der Waals surface area contributed by atoms with Gasteiger partial charge in [-0.25, -0.2) is 9.97 Å². The van der Waals surface area contributed by atoms with Crippen LogP contribution in [0.4, 0.5) is 0 Å². The summed E-state index contributed by atoms with van der Waals surface area (Å²) in [6.45, 7) is 7.91. The van der Waals surface area contributed by atoms with Crippen LogP contribution in [0, 0.1) is 0 Å². The molecular weight excluding hydrogens is 609 g/mol. The minimum Gasteiger partial charge on any atom is -0.472 e. The molecule has 0 unspecified atom stereocenters. The monoisotopic (exact) mass is 640 g/mol. The molecule has 7 aromatic rings. The van der Waals surface area contributed by atoms with Gasteiger partial charge < -0.3 is 4.74 Å². The highest BCUT2D eigenvalue weighted by atomic mass is 16.5. The second kappa shape index (κ2) is 11.8. The van der Waals surface area contributed by atoms with Crippen molar-refractivity contribution in [2.24, 2.45) is 0 Å². The summed E-state index contributed by atoms with van der Waals surface area (Å²) in [7, 11) is 0. The molecule has 1 aliphatic carbocycles. The first-order valence-corrected chi connectivity index (χ1v) is 16.8. The Balaban J connectivity index is 1.16. The van der Waals surface area contributed by atoms with Crippen molar-refractivity contribution in [3.05, 3.63) is 205 Å². The minimum atomic E-state index is -0.719. The van der Waals surface area contributed by atoms with Crippen LogP contribution < -0.4 is 4.74 Å². The van der Waals surface area contributed by atoms with Crippen molar-refractivity contribution in [1.29, 1.82) is 0 Å². The summed E-state index contributed by atoms with van der Waals surface area (Å²) in [5, 5.41) is 0. The molecule has 0 atom stereocenters. The van der Waals surface area contributed by atoms with Crippen molar-refractivity contribution >= 4 is 5.57 Å². The van der Waals surface area contributed by atoms with Gasteiger partial charge >= 0.3 is 0 Å². The molecule has 1 spiro atoms. The van der Waals surface area contributed by atoms with Gasteiger partial charge in [0.25, 0.3) is 0 Å². The van der Waals surface area contributed by atoms with Crippen molar-refractivity contribution in [2.75, 3.05) is 0 Å².